The van der Waals surface area contributed by atoms with Gasteiger partial charge < -0.3 is 10.1 Å². The highest BCUT2D eigenvalue weighted by atomic mass is 19.4. The molecule has 2 aromatic carbocycles. The lowest BCUT2D eigenvalue weighted by molar-refractivity contribution is -0.244. The Morgan fingerprint density at radius 3 is 2.04 bits per heavy atom. The summed E-state index contributed by atoms with van der Waals surface area (Å²) in [5.74, 6) is 0. The summed E-state index contributed by atoms with van der Waals surface area (Å²) in [6, 6.07) is 15.7. The summed E-state index contributed by atoms with van der Waals surface area (Å²) in [5, 5.41) is 2.92. The molecule has 0 fully saturated rings. The van der Waals surface area contributed by atoms with Crippen molar-refractivity contribution >= 4 is 12.3 Å². The first-order valence-corrected chi connectivity index (χ1v) is 8.73. The van der Waals surface area contributed by atoms with Gasteiger partial charge in [0.15, 0.2) is 5.60 Å². The molecule has 0 aliphatic carbocycles. The Kier molecular flexibility index (Phi) is 5.42. The minimum atomic E-state index is -4.54. The van der Waals surface area contributed by atoms with Gasteiger partial charge in [-0.15, -0.1) is 0 Å². The molecular weight excluding hydrogens is 365 g/mol. The molecule has 1 aliphatic rings. The summed E-state index contributed by atoms with van der Waals surface area (Å²) in [5.41, 5.74) is 1.53. The lowest BCUT2D eigenvalue weighted by Gasteiger charge is -2.33. The molecule has 0 saturated carbocycles. The largest absolute Gasteiger partial charge is 0.421 e. The van der Waals surface area contributed by atoms with E-state index in [4.69, 9.17) is 4.74 Å². The number of alkyl halides is 3. The summed E-state index contributed by atoms with van der Waals surface area (Å²) in [6.45, 7) is 4.73. The zero-order chi connectivity index (χ0) is 20.4. The van der Waals surface area contributed by atoms with E-state index in [9.17, 15) is 13.2 Å². The third-order valence-corrected chi connectivity index (χ3v) is 4.97. The van der Waals surface area contributed by atoms with Gasteiger partial charge in [-0.2, -0.15) is 13.2 Å². The quantitative estimate of drug-likeness (QED) is 0.734. The van der Waals surface area contributed by atoms with Crippen LogP contribution in [0.1, 0.15) is 24.2 Å². The molecule has 0 amide bonds. The molecule has 0 saturated heterocycles. The minimum absolute atomic E-state index is 0.0716. The number of hydrogen-bond acceptors (Lipinski definition) is 3. The number of benzene rings is 2. The third-order valence-electron chi connectivity index (χ3n) is 4.97. The van der Waals surface area contributed by atoms with Crippen molar-refractivity contribution in [2.24, 2.45) is 4.99 Å². The number of methoxy groups -OCH3 is 1. The molecule has 2 aromatic rings. The maximum Gasteiger partial charge on any atom is 0.421 e. The molecule has 28 heavy (non-hydrogen) atoms. The van der Waals surface area contributed by atoms with E-state index in [0.717, 1.165) is 36.3 Å². The van der Waals surface area contributed by atoms with Crippen molar-refractivity contribution in [1.82, 2.24) is 5.32 Å². The van der Waals surface area contributed by atoms with Crippen LogP contribution in [0.4, 0.5) is 13.2 Å². The van der Waals surface area contributed by atoms with E-state index in [2.05, 4.69) is 16.9 Å². The molecule has 1 heterocycles. The van der Waals surface area contributed by atoms with Gasteiger partial charge in [0.25, 0.3) is 0 Å². The van der Waals surface area contributed by atoms with Crippen LogP contribution in [-0.2, 0) is 4.74 Å². The lowest BCUT2D eigenvalue weighted by Crippen LogP contribution is -2.47. The number of rotatable bonds is 5. The zero-order valence-electron chi connectivity index (χ0n) is 15.6. The molecule has 0 bridgehead atoms. The predicted molar refractivity (Wildman–Crippen MR) is 106 cm³/mol. The summed E-state index contributed by atoms with van der Waals surface area (Å²) in [4.78, 5) is 4.24. The molecule has 3 nitrogen and oxygen atoms in total. The second-order valence-corrected chi connectivity index (χ2v) is 6.63. The van der Waals surface area contributed by atoms with Crippen molar-refractivity contribution in [3.8, 4) is 11.1 Å². The molecule has 0 aromatic heterocycles. The molecular formula is C22H21F3N2O. The van der Waals surface area contributed by atoms with Crippen molar-refractivity contribution in [3.05, 3.63) is 78.0 Å². The average molecular weight is 386 g/mol. The van der Waals surface area contributed by atoms with Crippen LogP contribution in [0.2, 0.25) is 0 Å². The molecule has 2 unspecified atom stereocenters. The Morgan fingerprint density at radius 2 is 1.61 bits per heavy atom. The van der Waals surface area contributed by atoms with E-state index in [-0.39, 0.29) is 5.57 Å². The first kappa shape index (κ1) is 19.9. The fourth-order valence-electron chi connectivity index (χ4n) is 2.91. The Bertz CT molecular complexity index is 899. The van der Waals surface area contributed by atoms with E-state index in [0.29, 0.717) is 0 Å². The summed E-state index contributed by atoms with van der Waals surface area (Å²) in [6.07, 6.45) is -0.669. The van der Waals surface area contributed by atoms with E-state index in [1.807, 2.05) is 48.5 Å². The Labute approximate surface area is 162 Å². The van der Waals surface area contributed by atoms with Gasteiger partial charge >= 0.3 is 6.18 Å². The Morgan fingerprint density at radius 1 is 1.04 bits per heavy atom. The number of nitrogens with one attached hydrogen (secondary N) is 1. The van der Waals surface area contributed by atoms with Gasteiger partial charge in [-0.25, -0.2) is 0 Å². The lowest BCUT2D eigenvalue weighted by atomic mass is 9.95. The van der Waals surface area contributed by atoms with Crippen LogP contribution < -0.4 is 5.32 Å². The van der Waals surface area contributed by atoms with E-state index in [1.165, 1.54) is 12.4 Å². The maximum absolute atomic E-state index is 13.3. The highest BCUT2D eigenvalue weighted by molar-refractivity contribution is 5.82. The van der Waals surface area contributed by atoms with Gasteiger partial charge in [-0.3, -0.25) is 4.99 Å². The van der Waals surface area contributed by atoms with Crippen LogP contribution in [0.3, 0.4) is 0 Å². The molecule has 6 heteroatoms. The number of nitrogens with zero attached hydrogens (tertiary/aromatic N) is 1. The monoisotopic (exact) mass is 386 g/mol. The third kappa shape index (κ3) is 3.73. The van der Waals surface area contributed by atoms with Crippen LogP contribution in [0.5, 0.6) is 0 Å². The summed E-state index contributed by atoms with van der Waals surface area (Å²) in [7, 11) is 1.04. The number of ether oxygens (including phenoxy) is 1. The summed E-state index contributed by atoms with van der Waals surface area (Å²) >= 11 is 0. The second kappa shape index (κ2) is 7.64. The fourth-order valence-corrected chi connectivity index (χ4v) is 2.91. The standard InChI is InChI=1S/C22H21F3N2O/c1-4-15-5-7-16(8-6-15)17-9-11-18(12-10-17)20-26-13-19(14-27-20)21(2,28-3)22(23,24)25/h4-14,20,26H,1H2,2-3H3. The topological polar surface area (TPSA) is 33.6 Å². The highest BCUT2D eigenvalue weighted by Crippen LogP contribution is 2.39. The normalized spacial score (nSPS) is 18.8. The van der Waals surface area contributed by atoms with Crippen molar-refractivity contribution in [2.45, 2.75) is 24.9 Å². The fraction of sp³-hybridized carbons (Fsp3) is 0.227. The smallest absolute Gasteiger partial charge is 0.366 e. The van der Waals surface area contributed by atoms with Gasteiger partial charge in [0.1, 0.15) is 6.17 Å². The summed E-state index contributed by atoms with van der Waals surface area (Å²) < 4.78 is 44.6. The number of hydrogen-bond donors (Lipinski definition) is 1. The predicted octanol–water partition coefficient (Wildman–Crippen LogP) is 5.52. The van der Waals surface area contributed by atoms with Crippen molar-refractivity contribution in [2.75, 3.05) is 7.11 Å². The molecule has 0 spiro atoms. The zero-order valence-corrected chi connectivity index (χ0v) is 15.6. The van der Waals surface area contributed by atoms with Crippen molar-refractivity contribution in [1.29, 1.82) is 0 Å². The first-order valence-electron chi connectivity index (χ1n) is 8.73. The van der Waals surface area contributed by atoms with Crippen LogP contribution in [0, 0.1) is 0 Å². The molecule has 2 atom stereocenters. The van der Waals surface area contributed by atoms with Crippen molar-refractivity contribution in [3.63, 3.8) is 0 Å². The van der Waals surface area contributed by atoms with E-state index >= 15 is 0 Å². The number of aliphatic imine (C=N–C) groups is 1. The van der Waals surface area contributed by atoms with E-state index in [1.54, 1.807) is 6.08 Å². The van der Waals surface area contributed by atoms with Gasteiger partial charge in [-0.1, -0.05) is 61.2 Å². The number of halogens is 3. The van der Waals surface area contributed by atoms with Crippen LogP contribution in [-0.4, -0.2) is 25.1 Å². The first-order chi connectivity index (χ1) is 13.3. The molecule has 1 N–H and O–H groups in total. The maximum atomic E-state index is 13.3. The molecule has 0 radical (unpaired) electrons. The SMILES string of the molecule is C=Cc1ccc(-c2ccc(C3N=CC(C(C)(OC)C(F)(F)F)=CN3)cc2)cc1. The van der Waals surface area contributed by atoms with Crippen molar-refractivity contribution < 1.29 is 17.9 Å². The van der Waals surface area contributed by atoms with Gasteiger partial charge in [0, 0.05) is 25.1 Å². The molecule has 1 aliphatic heterocycles. The van der Waals surface area contributed by atoms with Crippen LogP contribution in [0.25, 0.3) is 17.2 Å². The Balaban J connectivity index is 1.75. The molecule has 3 rings (SSSR count). The highest BCUT2D eigenvalue weighted by Gasteiger charge is 2.54. The van der Waals surface area contributed by atoms with E-state index < -0.39 is 17.9 Å². The Hall–Kier alpha value is -2.86. The minimum Gasteiger partial charge on any atom is -0.366 e. The van der Waals surface area contributed by atoms with Gasteiger partial charge in [0.2, 0.25) is 0 Å². The second-order valence-electron chi connectivity index (χ2n) is 6.63. The van der Waals surface area contributed by atoms with Crippen LogP contribution >= 0.6 is 0 Å². The van der Waals surface area contributed by atoms with Crippen LogP contribution in [0.15, 0.2) is 71.9 Å². The average Bonchev–Trinajstić information content (AvgIpc) is 2.72. The van der Waals surface area contributed by atoms with Gasteiger partial charge in [0.05, 0.1) is 0 Å². The van der Waals surface area contributed by atoms with Gasteiger partial charge in [-0.05, 0) is 29.2 Å². The molecule has 146 valence electrons.